The van der Waals surface area contributed by atoms with E-state index in [1.807, 2.05) is 0 Å². The highest BCUT2D eigenvalue weighted by Gasteiger charge is 2.24. The molecule has 1 aliphatic carbocycles. The van der Waals surface area contributed by atoms with Gasteiger partial charge in [0.2, 0.25) is 0 Å². The molecular weight excluding hydrogens is 110 g/mol. The van der Waals surface area contributed by atoms with Crippen LogP contribution in [0, 0.1) is 11.8 Å². The van der Waals surface area contributed by atoms with E-state index in [2.05, 4.69) is 13.8 Å². The Morgan fingerprint density at radius 1 is 1.44 bits per heavy atom. The summed E-state index contributed by atoms with van der Waals surface area (Å²) in [5.74, 6) is 1.77. The maximum Gasteiger partial charge on any atom is 0.00362 e. The van der Waals surface area contributed by atoms with E-state index in [4.69, 9.17) is 5.73 Å². The first-order valence-electron chi connectivity index (χ1n) is 3.95. The summed E-state index contributed by atoms with van der Waals surface area (Å²) in [6.45, 7) is 4.36. The molecular formula is C8H17N. The number of rotatable bonds is 3. The van der Waals surface area contributed by atoms with E-state index in [0.717, 1.165) is 11.8 Å². The summed E-state index contributed by atoms with van der Waals surface area (Å²) in [7, 11) is 0. The fourth-order valence-electron chi connectivity index (χ4n) is 1.09. The average Bonchev–Trinajstić information content (AvgIpc) is 2.50. The lowest BCUT2D eigenvalue weighted by molar-refractivity contribution is 0.426. The van der Waals surface area contributed by atoms with E-state index in [9.17, 15) is 0 Å². The summed E-state index contributed by atoms with van der Waals surface area (Å²) < 4.78 is 0. The van der Waals surface area contributed by atoms with Crippen LogP contribution in [0.25, 0.3) is 0 Å². The molecule has 0 aromatic heterocycles. The molecule has 2 unspecified atom stereocenters. The first kappa shape index (κ1) is 7.07. The first-order chi connectivity index (χ1) is 4.20. The molecule has 0 aromatic carbocycles. The summed E-state index contributed by atoms with van der Waals surface area (Å²) >= 11 is 0. The summed E-state index contributed by atoms with van der Waals surface area (Å²) in [5.41, 5.74) is 5.71. The van der Waals surface area contributed by atoms with Crippen LogP contribution in [0.1, 0.15) is 33.1 Å². The first-order valence-corrected chi connectivity index (χ1v) is 3.95. The van der Waals surface area contributed by atoms with E-state index in [1.54, 1.807) is 0 Å². The second kappa shape index (κ2) is 2.70. The lowest BCUT2D eigenvalue weighted by Gasteiger charge is -2.13. The minimum atomic E-state index is 0.394. The van der Waals surface area contributed by atoms with Crippen molar-refractivity contribution in [3.8, 4) is 0 Å². The molecule has 54 valence electrons. The quantitative estimate of drug-likeness (QED) is 0.614. The summed E-state index contributed by atoms with van der Waals surface area (Å²) in [6.07, 6.45) is 4.27. The van der Waals surface area contributed by atoms with Gasteiger partial charge in [-0.3, -0.25) is 0 Å². The summed E-state index contributed by atoms with van der Waals surface area (Å²) in [4.78, 5) is 0. The van der Waals surface area contributed by atoms with Crippen LogP contribution >= 0.6 is 0 Å². The molecule has 2 N–H and O–H groups in total. The van der Waals surface area contributed by atoms with Gasteiger partial charge >= 0.3 is 0 Å². The zero-order valence-electron chi connectivity index (χ0n) is 6.43. The van der Waals surface area contributed by atoms with Gasteiger partial charge in [-0.05, 0) is 25.2 Å². The van der Waals surface area contributed by atoms with Crippen molar-refractivity contribution in [2.45, 2.75) is 39.2 Å². The standard InChI is InChI=1S/C8H17N/c1-6(7(2)9)5-8-3-4-8/h6-8H,3-5,9H2,1-2H3. The predicted molar refractivity (Wildman–Crippen MR) is 40.2 cm³/mol. The van der Waals surface area contributed by atoms with Gasteiger partial charge < -0.3 is 5.73 Å². The van der Waals surface area contributed by atoms with Gasteiger partial charge in [-0.2, -0.15) is 0 Å². The van der Waals surface area contributed by atoms with Crippen molar-refractivity contribution in [3.05, 3.63) is 0 Å². The predicted octanol–water partition coefficient (Wildman–Crippen LogP) is 1.77. The smallest absolute Gasteiger partial charge is 0.00362 e. The zero-order chi connectivity index (χ0) is 6.85. The van der Waals surface area contributed by atoms with Crippen LogP contribution in [0.4, 0.5) is 0 Å². The fourth-order valence-corrected chi connectivity index (χ4v) is 1.09. The molecule has 1 heteroatoms. The van der Waals surface area contributed by atoms with Crippen molar-refractivity contribution in [1.82, 2.24) is 0 Å². The molecule has 0 aromatic rings. The van der Waals surface area contributed by atoms with Gasteiger partial charge in [0.25, 0.3) is 0 Å². The Morgan fingerprint density at radius 2 is 2.00 bits per heavy atom. The van der Waals surface area contributed by atoms with Crippen molar-refractivity contribution in [2.75, 3.05) is 0 Å². The Morgan fingerprint density at radius 3 is 2.33 bits per heavy atom. The minimum absolute atomic E-state index is 0.394. The number of nitrogens with two attached hydrogens (primary N) is 1. The molecule has 0 heterocycles. The third-order valence-corrected chi connectivity index (χ3v) is 2.30. The highest BCUT2D eigenvalue weighted by atomic mass is 14.6. The maximum absolute atomic E-state index is 5.71. The molecule has 0 radical (unpaired) electrons. The molecule has 1 fully saturated rings. The van der Waals surface area contributed by atoms with Crippen LogP contribution in [0.3, 0.4) is 0 Å². The Kier molecular flexibility index (Phi) is 2.12. The SMILES string of the molecule is CC(N)C(C)CC1CC1. The van der Waals surface area contributed by atoms with Crippen LogP contribution in [-0.2, 0) is 0 Å². The molecule has 2 atom stereocenters. The second-order valence-electron chi connectivity index (χ2n) is 3.52. The Hall–Kier alpha value is -0.0400. The molecule has 9 heavy (non-hydrogen) atoms. The topological polar surface area (TPSA) is 26.0 Å². The minimum Gasteiger partial charge on any atom is -0.328 e. The third-order valence-electron chi connectivity index (χ3n) is 2.30. The van der Waals surface area contributed by atoms with Crippen LogP contribution < -0.4 is 5.73 Å². The van der Waals surface area contributed by atoms with Crippen molar-refractivity contribution < 1.29 is 0 Å². The maximum atomic E-state index is 5.71. The molecule has 0 saturated heterocycles. The lowest BCUT2D eigenvalue weighted by Crippen LogP contribution is -2.24. The van der Waals surface area contributed by atoms with Crippen molar-refractivity contribution in [2.24, 2.45) is 17.6 Å². The fraction of sp³-hybridized carbons (Fsp3) is 1.00. The molecule has 1 aliphatic rings. The van der Waals surface area contributed by atoms with Crippen LogP contribution in [-0.4, -0.2) is 6.04 Å². The van der Waals surface area contributed by atoms with E-state index < -0.39 is 0 Å². The van der Waals surface area contributed by atoms with Crippen LogP contribution in [0.5, 0.6) is 0 Å². The highest BCUT2D eigenvalue weighted by molar-refractivity contribution is 4.77. The van der Waals surface area contributed by atoms with Crippen molar-refractivity contribution in [1.29, 1.82) is 0 Å². The van der Waals surface area contributed by atoms with Gasteiger partial charge in [-0.15, -0.1) is 0 Å². The van der Waals surface area contributed by atoms with Crippen molar-refractivity contribution >= 4 is 0 Å². The van der Waals surface area contributed by atoms with Gasteiger partial charge in [-0.1, -0.05) is 19.8 Å². The van der Waals surface area contributed by atoms with Gasteiger partial charge in [0, 0.05) is 6.04 Å². The van der Waals surface area contributed by atoms with E-state index in [-0.39, 0.29) is 0 Å². The molecule has 1 nitrogen and oxygen atoms in total. The molecule has 0 aliphatic heterocycles. The van der Waals surface area contributed by atoms with E-state index >= 15 is 0 Å². The van der Waals surface area contributed by atoms with Crippen LogP contribution in [0.2, 0.25) is 0 Å². The van der Waals surface area contributed by atoms with Gasteiger partial charge in [0.15, 0.2) is 0 Å². The molecule has 0 bridgehead atoms. The van der Waals surface area contributed by atoms with E-state index in [0.29, 0.717) is 6.04 Å². The van der Waals surface area contributed by atoms with E-state index in [1.165, 1.54) is 19.3 Å². The third kappa shape index (κ3) is 2.35. The van der Waals surface area contributed by atoms with Gasteiger partial charge in [-0.25, -0.2) is 0 Å². The Labute approximate surface area is 57.6 Å². The Bertz CT molecular complexity index is 84.6. The lowest BCUT2D eigenvalue weighted by atomic mass is 9.98. The van der Waals surface area contributed by atoms with Gasteiger partial charge in [0.1, 0.15) is 0 Å². The summed E-state index contributed by atoms with van der Waals surface area (Å²) in [6, 6.07) is 0.394. The highest BCUT2D eigenvalue weighted by Crippen LogP contribution is 2.35. The Balaban J connectivity index is 2.09. The van der Waals surface area contributed by atoms with Crippen LogP contribution in [0.15, 0.2) is 0 Å². The average molecular weight is 127 g/mol. The monoisotopic (exact) mass is 127 g/mol. The normalized spacial score (nSPS) is 25.7. The largest absolute Gasteiger partial charge is 0.328 e. The number of hydrogen-bond acceptors (Lipinski definition) is 1. The number of hydrogen-bond donors (Lipinski definition) is 1. The van der Waals surface area contributed by atoms with Gasteiger partial charge in [0.05, 0.1) is 0 Å². The molecule has 0 spiro atoms. The molecule has 1 rings (SSSR count). The van der Waals surface area contributed by atoms with Crippen molar-refractivity contribution in [3.63, 3.8) is 0 Å². The molecule has 0 amide bonds. The second-order valence-corrected chi connectivity index (χ2v) is 3.52. The summed E-state index contributed by atoms with van der Waals surface area (Å²) in [5, 5.41) is 0. The zero-order valence-corrected chi connectivity index (χ0v) is 6.43. The molecule has 1 saturated carbocycles.